The van der Waals surface area contributed by atoms with Crippen LogP contribution in [-0.4, -0.2) is 20.1 Å². The molecule has 0 aromatic heterocycles. The zero-order chi connectivity index (χ0) is 89.2. The van der Waals surface area contributed by atoms with Gasteiger partial charge in [-0.15, -0.1) is 0 Å². The summed E-state index contributed by atoms with van der Waals surface area (Å²) in [6.45, 7) is 64.1. The lowest BCUT2D eigenvalue weighted by atomic mass is 9.27. The molecule has 0 aliphatic carbocycles. The van der Waals surface area contributed by atoms with Crippen LogP contribution in [0.1, 0.15) is 237 Å². The molecular weight excluding hydrogens is 1540 g/mol. The molecule has 0 bridgehead atoms. The summed E-state index contributed by atoms with van der Waals surface area (Å²) in [6, 6.07) is 96.0. The Balaban J connectivity index is 0.957. The number of ether oxygens (including phenoxy) is 1. The Morgan fingerprint density at radius 2 is 0.417 bits per heavy atom. The maximum absolute atomic E-state index is 8.21. The molecule has 0 saturated carbocycles. The molecule has 6 nitrogen and oxygen atoms in total. The van der Waals surface area contributed by atoms with Gasteiger partial charge in [0.05, 0.1) is 11.4 Å². The Kier molecular flexibility index (Phi) is 16.9. The normalized spacial score (nSPS) is 15.0. The van der Waals surface area contributed by atoms with Gasteiger partial charge >= 0.3 is 0 Å². The fraction of sp³-hybridized carbons (Fsp3) is 0.305. The molecule has 127 heavy (non-hydrogen) atoms. The van der Waals surface area contributed by atoms with Gasteiger partial charge in [0.1, 0.15) is 0 Å². The van der Waals surface area contributed by atoms with Gasteiger partial charge in [-0.3, -0.25) is 0 Å². The first kappa shape index (κ1) is 81.1. The molecule has 7 heterocycles. The van der Waals surface area contributed by atoms with E-state index >= 15 is 0 Å². The van der Waals surface area contributed by atoms with Crippen LogP contribution in [-0.2, 0) is 48.7 Å². The number of fused-ring (bicyclic) bond motifs is 16. The summed E-state index contributed by atoms with van der Waals surface area (Å²) in [5, 5.41) is 9.39. The van der Waals surface area contributed by atoms with Crippen LogP contribution in [0.15, 0.2) is 237 Å². The molecule has 0 fully saturated rings. The van der Waals surface area contributed by atoms with Crippen LogP contribution in [0.3, 0.4) is 0 Å². The van der Waals surface area contributed by atoms with Crippen LogP contribution in [0.25, 0.3) is 43.1 Å². The minimum Gasteiger partial charge on any atom is -0.452 e. The first-order chi connectivity index (χ1) is 59.6. The Labute approximate surface area is 755 Å². The maximum atomic E-state index is 8.21. The van der Waals surface area contributed by atoms with Crippen molar-refractivity contribution < 1.29 is 4.74 Å². The first-order valence-corrected chi connectivity index (χ1v) is 46.7. The summed E-state index contributed by atoms with van der Waals surface area (Å²) < 4.78 is 8.21. The summed E-state index contributed by atoms with van der Waals surface area (Å²) in [5.41, 5.74) is 39.1. The lowest BCUT2D eigenvalue weighted by Gasteiger charge is -2.53. The number of nitrogens with zero attached hydrogens (tertiary/aromatic N) is 5. The molecule has 7 aliphatic rings. The van der Waals surface area contributed by atoms with Crippen molar-refractivity contribution in [1.82, 2.24) is 0 Å². The standard InChI is InChI=1S/C118H120B3N5O/c1-110(2,3)73-50-74(111(4,5)6)55-82(54-73)122-94-48-69-38-30-28-36-67(69)44-88(94)119-90-64-91-97(65-96(90)124(99-63-81(118(25,26)27)62-98(122)102(99)119)84-58-77(114(13,14)15)52-78(59-84)115(16,17)18)125(85-60-79(116(19,20)21)53-80(61-85)117(22,23)24)101-66-100-103-107-104(101)121(91)93-47-72-41-33-35-43-87(72)109-106(93)126(107)105-92(46-71-40-32-34-42-86(71)108(105)127-109)120(103)89-45-68-37-29-31-39-70(68)49-95(89)123(100)83-56-75(112(7,8)9)51-76(57-83)113(10,11)12/h28-66H,1-27H3. The van der Waals surface area contributed by atoms with E-state index in [0.717, 1.165) is 67.2 Å². The SMILES string of the molecule is CC(C)(C)c1cc(N2c3cc4c(cc3B3c5cc6ccccc6cc5N(c5cc(C(C)(C)C)cc(C(C)(C)C)c5)c5cc(C(C)(C)C)cc2c53)B2c3cc5ccccc5c5c3N3c6c2c(cc2c6B(c6cc7ccccc7cc6N2c2cc(C(C)(C)C)cc(C(C)(C)C)c2)c2cc6ccccc6c(c23)O5)N4c2cc(C(C)(C)C)cc(C(C)(C)C)c2)cc(C(C)(C)C)c1. The smallest absolute Gasteiger partial charge is 0.252 e. The zero-order valence-corrected chi connectivity index (χ0v) is 79.9. The fourth-order valence-electron chi connectivity index (χ4n) is 22.1. The van der Waals surface area contributed by atoms with Crippen molar-refractivity contribution in [1.29, 1.82) is 0 Å². The molecule has 0 amide bonds. The van der Waals surface area contributed by atoms with Crippen LogP contribution in [0, 0.1) is 0 Å². The van der Waals surface area contributed by atoms with Gasteiger partial charge in [0.25, 0.3) is 20.1 Å². The molecule has 7 aliphatic heterocycles. The van der Waals surface area contributed by atoms with Gasteiger partial charge in [-0.25, -0.2) is 0 Å². The fourth-order valence-corrected chi connectivity index (χ4v) is 22.1. The number of benzene rings is 15. The second kappa shape index (κ2) is 26.5. The number of rotatable bonds is 4. The zero-order valence-electron chi connectivity index (χ0n) is 79.9. The molecule has 15 aromatic carbocycles. The molecule has 9 heteroatoms. The summed E-state index contributed by atoms with van der Waals surface area (Å²) in [6.07, 6.45) is 0. The van der Waals surface area contributed by atoms with E-state index in [1.165, 1.54) is 172 Å². The summed E-state index contributed by atoms with van der Waals surface area (Å²) in [5.74, 6) is 1.81. The van der Waals surface area contributed by atoms with Crippen molar-refractivity contribution >= 4 is 198 Å². The Bertz CT molecular complexity index is 7230. The molecule has 0 unspecified atom stereocenters. The molecule has 0 atom stereocenters. The highest BCUT2D eigenvalue weighted by Gasteiger charge is 2.57. The van der Waals surface area contributed by atoms with Gasteiger partial charge in [0, 0.05) is 84.7 Å². The summed E-state index contributed by atoms with van der Waals surface area (Å²) >= 11 is 0. The van der Waals surface area contributed by atoms with E-state index in [2.05, 4.69) is 448 Å². The molecular formula is C118H120B3N5O. The van der Waals surface area contributed by atoms with Gasteiger partial charge < -0.3 is 29.2 Å². The first-order valence-electron chi connectivity index (χ1n) is 46.7. The predicted octanol–water partition coefficient (Wildman–Crippen LogP) is 26.9. The third-order valence-electron chi connectivity index (χ3n) is 29.5. The third-order valence-corrected chi connectivity index (χ3v) is 29.5. The van der Waals surface area contributed by atoms with E-state index in [1.54, 1.807) is 0 Å². The highest BCUT2D eigenvalue weighted by atomic mass is 16.5. The highest BCUT2D eigenvalue weighted by molar-refractivity contribution is 7.06. The van der Waals surface area contributed by atoms with Crippen LogP contribution in [0.5, 0.6) is 11.5 Å². The van der Waals surface area contributed by atoms with E-state index in [4.69, 9.17) is 4.74 Å². The van der Waals surface area contributed by atoms with E-state index in [0.29, 0.717) is 0 Å². The lowest BCUT2D eigenvalue weighted by Crippen LogP contribution is -2.69. The number of anilines is 15. The van der Waals surface area contributed by atoms with Crippen LogP contribution >= 0.6 is 0 Å². The van der Waals surface area contributed by atoms with Crippen molar-refractivity contribution in [2.24, 2.45) is 0 Å². The van der Waals surface area contributed by atoms with Crippen molar-refractivity contribution in [2.75, 3.05) is 24.5 Å². The van der Waals surface area contributed by atoms with Gasteiger partial charge in [-0.1, -0.05) is 339 Å². The summed E-state index contributed by atoms with van der Waals surface area (Å²) in [7, 11) is 0. The van der Waals surface area contributed by atoms with Crippen LogP contribution in [0.4, 0.5) is 85.3 Å². The number of hydrogen-bond acceptors (Lipinski definition) is 6. The second-order valence-electron chi connectivity index (χ2n) is 47.6. The van der Waals surface area contributed by atoms with Gasteiger partial charge in [0.2, 0.25) is 0 Å². The highest BCUT2D eigenvalue weighted by Crippen LogP contribution is 2.61. The lowest BCUT2D eigenvalue weighted by molar-refractivity contribution is 0.489. The van der Waals surface area contributed by atoms with E-state index in [9.17, 15) is 0 Å². The predicted molar refractivity (Wildman–Crippen MR) is 552 cm³/mol. The Morgan fingerprint density at radius 3 is 0.717 bits per heavy atom. The molecule has 0 spiro atoms. The third kappa shape index (κ3) is 12.3. The van der Waals surface area contributed by atoms with Crippen molar-refractivity contribution in [3.63, 3.8) is 0 Å². The molecule has 15 aromatic rings. The van der Waals surface area contributed by atoms with Crippen molar-refractivity contribution in [3.8, 4) is 11.5 Å². The molecule has 0 radical (unpaired) electrons. The van der Waals surface area contributed by atoms with Gasteiger partial charge in [-0.05, 0) is 265 Å². The largest absolute Gasteiger partial charge is 0.452 e. The van der Waals surface area contributed by atoms with Gasteiger partial charge in [0.15, 0.2) is 11.5 Å². The van der Waals surface area contributed by atoms with Crippen molar-refractivity contribution in [2.45, 2.75) is 236 Å². The Hall–Kier alpha value is -11.7. The molecule has 632 valence electrons. The molecule has 0 N–H and O–H groups in total. The second-order valence-corrected chi connectivity index (χ2v) is 47.6. The quantitative estimate of drug-likeness (QED) is 0.163. The van der Waals surface area contributed by atoms with Crippen LogP contribution in [0.2, 0.25) is 0 Å². The maximum Gasteiger partial charge on any atom is 0.252 e. The molecule has 22 rings (SSSR count). The minimum atomic E-state index is -0.341. The average Bonchev–Trinajstić information content (AvgIpc) is 0.652. The topological polar surface area (TPSA) is 25.4 Å². The Morgan fingerprint density at radius 1 is 0.189 bits per heavy atom. The number of hydrogen-bond donors (Lipinski definition) is 0. The minimum absolute atomic E-state index is 0.155. The summed E-state index contributed by atoms with van der Waals surface area (Å²) in [4.78, 5) is 13.9. The van der Waals surface area contributed by atoms with Gasteiger partial charge in [-0.2, -0.15) is 0 Å². The average molecular weight is 1660 g/mol. The van der Waals surface area contributed by atoms with E-state index < -0.39 is 0 Å². The molecule has 0 saturated heterocycles. The van der Waals surface area contributed by atoms with E-state index in [1.807, 2.05) is 0 Å². The van der Waals surface area contributed by atoms with Crippen molar-refractivity contribution in [3.05, 3.63) is 287 Å². The monoisotopic (exact) mass is 1660 g/mol. The van der Waals surface area contributed by atoms with E-state index in [-0.39, 0.29) is 68.9 Å². The van der Waals surface area contributed by atoms with Crippen LogP contribution < -0.4 is 78.4 Å².